The number of rotatable bonds is 6. The lowest BCUT2D eigenvalue weighted by atomic mass is 10.1. The molecule has 88 valence electrons. The highest BCUT2D eigenvalue weighted by atomic mass is 32.1. The predicted octanol–water partition coefficient (Wildman–Crippen LogP) is 0.959. The van der Waals surface area contributed by atoms with E-state index in [1.807, 2.05) is 25.1 Å². The van der Waals surface area contributed by atoms with E-state index in [-0.39, 0.29) is 0 Å². The Kier molecular flexibility index (Phi) is 5.93. The zero-order valence-electron chi connectivity index (χ0n) is 9.86. The van der Waals surface area contributed by atoms with Crippen molar-refractivity contribution in [2.45, 2.75) is 6.92 Å². The van der Waals surface area contributed by atoms with Crippen LogP contribution in [0.15, 0.2) is 28.9 Å². The third-order valence-corrected chi connectivity index (χ3v) is 3.06. The first-order chi connectivity index (χ1) is 8.17. The van der Waals surface area contributed by atoms with Crippen molar-refractivity contribution in [1.82, 2.24) is 10.7 Å². The van der Waals surface area contributed by atoms with E-state index in [1.165, 1.54) is 16.8 Å². The summed E-state index contributed by atoms with van der Waals surface area (Å²) in [7, 11) is 7.49. The molecule has 1 rings (SSSR count). The number of allylic oxidation sites excluding steroid dienone is 1. The van der Waals surface area contributed by atoms with Gasteiger partial charge in [-0.3, -0.25) is 0 Å². The zero-order chi connectivity index (χ0) is 12.7. The molecule has 0 aliphatic carbocycles. The Bertz CT molecular complexity index is 438. The molecule has 0 aromatic carbocycles. The topological polar surface area (TPSA) is 36.4 Å². The van der Waals surface area contributed by atoms with Crippen LogP contribution in [0.2, 0.25) is 0 Å². The van der Waals surface area contributed by atoms with E-state index in [9.17, 15) is 0 Å². The minimum atomic E-state index is 0.715. The molecule has 0 unspecified atom stereocenters. The zero-order valence-corrected chi connectivity index (χ0v) is 11.5. The largest absolute Gasteiger partial charge is 0.378 e. The Hall–Kier alpha value is -1.14. The van der Waals surface area contributed by atoms with Gasteiger partial charge in [-0.25, -0.2) is 0 Å². The second-order valence-electron chi connectivity index (χ2n) is 3.41. The maximum atomic E-state index is 5.71. The molecule has 6 heteroatoms. The van der Waals surface area contributed by atoms with Crippen LogP contribution < -0.4 is 15.5 Å². The molecule has 0 atom stereocenters. The van der Waals surface area contributed by atoms with Crippen LogP contribution in [0.1, 0.15) is 11.8 Å². The highest BCUT2D eigenvalue weighted by Gasteiger charge is 2.03. The summed E-state index contributed by atoms with van der Waals surface area (Å²) in [5, 5.41) is 7.21. The van der Waals surface area contributed by atoms with Crippen LogP contribution in [0, 0.1) is 0 Å². The molecule has 1 aromatic rings. The van der Waals surface area contributed by atoms with Crippen LogP contribution >= 0.6 is 23.6 Å². The molecule has 2 N–H and O–H groups in total. The van der Waals surface area contributed by atoms with Crippen LogP contribution in [-0.4, -0.2) is 32.6 Å². The highest BCUT2D eigenvalue weighted by molar-refractivity contribution is 7.78. The second-order valence-corrected chi connectivity index (χ2v) is 4.76. The fourth-order valence-electron chi connectivity index (χ4n) is 1.26. The quantitative estimate of drug-likeness (QED) is 0.347. The van der Waals surface area contributed by atoms with E-state index in [0.29, 0.717) is 6.54 Å². The van der Waals surface area contributed by atoms with Gasteiger partial charge in [0, 0.05) is 13.6 Å². The van der Waals surface area contributed by atoms with Crippen LogP contribution in [0.25, 0.3) is 0 Å². The molecule has 0 saturated heterocycles. The van der Waals surface area contributed by atoms with Gasteiger partial charge in [-0.2, -0.15) is 16.4 Å². The summed E-state index contributed by atoms with van der Waals surface area (Å²) in [6.07, 6.45) is 2.01. The van der Waals surface area contributed by atoms with Crippen LogP contribution in [0.3, 0.4) is 0 Å². The molecule has 0 amide bonds. The first-order valence-electron chi connectivity index (χ1n) is 5.11. The maximum Gasteiger partial charge on any atom is 0.128 e. The van der Waals surface area contributed by atoms with Crippen LogP contribution in [-0.2, 0) is 0 Å². The van der Waals surface area contributed by atoms with Crippen LogP contribution in [0.5, 0.6) is 0 Å². The molecule has 0 spiro atoms. The van der Waals surface area contributed by atoms with E-state index in [2.05, 4.69) is 15.8 Å². The summed E-state index contributed by atoms with van der Waals surface area (Å²) < 4.78 is 0.784. The van der Waals surface area contributed by atoms with Gasteiger partial charge in [0.15, 0.2) is 0 Å². The average Bonchev–Trinajstić information content (AvgIpc) is 2.72. The number of hydrazone groups is 1. The van der Waals surface area contributed by atoms with Gasteiger partial charge in [-0.15, -0.1) is 0 Å². The van der Waals surface area contributed by atoms with Crippen molar-refractivity contribution >= 4 is 47.4 Å². The monoisotopic (exact) mass is 263 g/mol. The second kappa shape index (κ2) is 7.24. The predicted molar refractivity (Wildman–Crippen MR) is 80.7 cm³/mol. The Morgan fingerprint density at radius 2 is 2.35 bits per heavy atom. The van der Waals surface area contributed by atoms with Crippen molar-refractivity contribution in [3.63, 3.8) is 0 Å². The molecule has 2 radical (unpaired) electrons. The number of hydrogen-bond donors (Lipinski definition) is 2. The summed E-state index contributed by atoms with van der Waals surface area (Å²) in [6.45, 7) is 2.74. The van der Waals surface area contributed by atoms with E-state index < -0.39 is 0 Å². The van der Waals surface area contributed by atoms with Crippen molar-refractivity contribution in [2.24, 2.45) is 5.10 Å². The highest BCUT2D eigenvalue weighted by Crippen LogP contribution is 2.09. The molecule has 1 aromatic heterocycles. The number of nitrogens with one attached hydrogen (secondary N) is 2. The molecule has 1 heterocycles. The first-order valence-corrected chi connectivity index (χ1v) is 6.40. The normalized spacial score (nSPS) is 12.4. The molecule has 0 saturated carbocycles. The molecule has 0 aliphatic rings. The van der Waals surface area contributed by atoms with E-state index in [0.717, 1.165) is 20.9 Å². The SMILES string of the molecule is [B]c1ccc(C(/C=C(/C)CNC=S)=N\NC)s1. The molecule has 0 fully saturated rings. The van der Waals surface area contributed by atoms with Gasteiger partial charge in [0.1, 0.15) is 13.6 Å². The van der Waals surface area contributed by atoms with Gasteiger partial charge in [-0.05, 0) is 23.8 Å². The van der Waals surface area contributed by atoms with Crippen molar-refractivity contribution in [1.29, 1.82) is 0 Å². The van der Waals surface area contributed by atoms with E-state index >= 15 is 0 Å². The minimum absolute atomic E-state index is 0.715. The summed E-state index contributed by atoms with van der Waals surface area (Å²) in [5.41, 5.74) is 6.33. The molecule has 0 bridgehead atoms. The average molecular weight is 263 g/mol. The lowest BCUT2D eigenvalue weighted by Gasteiger charge is -2.03. The Morgan fingerprint density at radius 3 is 2.88 bits per heavy atom. The van der Waals surface area contributed by atoms with E-state index in [1.54, 1.807) is 7.05 Å². The first kappa shape index (κ1) is 13.9. The molecular weight excluding hydrogens is 249 g/mol. The van der Waals surface area contributed by atoms with E-state index in [4.69, 9.17) is 20.1 Å². The number of thiocarbonyl (C=S) groups is 1. The fraction of sp³-hybridized carbons (Fsp3) is 0.273. The molecule has 17 heavy (non-hydrogen) atoms. The lowest BCUT2D eigenvalue weighted by molar-refractivity contribution is 0.902. The van der Waals surface area contributed by atoms with Gasteiger partial charge < -0.3 is 10.7 Å². The van der Waals surface area contributed by atoms with Crippen LogP contribution in [0.4, 0.5) is 0 Å². The summed E-state index contributed by atoms with van der Waals surface area (Å²) in [5.74, 6) is 0. The van der Waals surface area contributed by atoms with Gasteiger partial charge in [-0.1, -0.05) is 23.9 Å². The number of thiophene rings is 1. The van der Waals surface area contributed by atoms with Gasteiger partial charge in [0.05, 0.1) is 10.4 Å². The van der Waals surface area contributed by atoms with Crippen molar-refractivity contribution < 1.29 is 0 Å². The Balaban J connectivity index is 2.87. The van der Waals surface area contributed by atoms with Gasteiger partial charge >= 0.3 is 0 Å². The summed E-state index contributed by atoms with van der Waals surface area (Å²) in [4.78, 5) is 1.04. The molecule has 3 nitrogen and oxygen atoms in total. The minimum Gasteiger partial charge on any atom is -0.378 e. The maximum absolute atomic E-state index is 5.71. The van der Waals surface area contributed by atoms with Gasteiger partial charge in [0.25, 0.3) is 0 Å². The van der Waals surface area contributed by atoms with Crippen molar-refractivity contribution in [3.05, 3.63) is 28.7 Å². The standard InChI is InChI=1S/C11H14BN3S2/c1-8(6-14-7-16)5-9(15-13-2)10-3-4-11(12)17-10/h3-5,7,13H,6H2,1-2H3,(H,14,16)/b8-5-,15-9-. The molecule has 0 aliphatic heterocycles. The number of hydrogen-bond acceptors (Lipinski definition) is 4. The Labute approximate surface area is 112 Å². The smallest absolute Gasteiger partial charge is 0.128 e. The third-order valence-electron chi connectivity index (χ3n) is 1.96. The third kappa shape index (κ3) is 4.71. The number of nitrogens with zero attached hydrogens (tertiary/aromatic N) is 1. The molecular formula is C11H14BN3S2. The summed E-state index contributed by atoms with van der Waals surface area (Å²) in [6, 6.07) is 3.84. The summed E-state index contributed by atoms with van der Waals surface area (Å²) >= 11 is 6.23. The fourth-order valence-corrected chi connectivity index (χ4v) is 2.08. The Morgan fingerprint density at radius 1 is 1.59 bits per heavy atom. The van der Waals surface area contributed by atoms with Gasteiger partial charge in [0.2, 0.25) is 0 Å². The van der Waals surface area contributed by atoms with Crippen molar-refractivity contribution in [2.75, 3.05) is 13.6 Å². The lowest BCUT2D eigenvalue weighted by Crippen LogP contribution is -2.13. The van der Waals surface area contributed by atoms with Crippen molar-refractivity contribution in [3.8, 4) is 0 Å².